The maximum atomic E-state index is 11.1. The van der Waals surface area contributed by atoms with Crippen LogP contribution in [0.25, 0.3) is 0 Å². The van der Waals surface area contributed by atoms with Crippen molar-refractivity contribution < 1.29 is 24.1 Å². The molecule has 0 saturated heterocycles. The molecule has 2 rings (SSSR count). The molecule has 0 fully saturated rings. The highest BCUT2D eigenvalue weighted by Crippen LogP contribution is 2.31. The van der Waals surface area contributed by atoms with Crippen LogP contribution in [-0.2, 0) is 5.41 Å². The molecule has 25 heavy (non-hydrogen) atoms. The van der Waals surface area contributed by atoms with E-state index in [2.05, 4.69) is 26.8 Å². The monoisotopic (exact) mass is 344 g/mol. The molecule has 0 spiro atoms. The predicted octanol–water partition coefficient (Wildman–Crippen LogP) is 4.15. The third-order valence-electron chi connectivity index (χ3n) is 3.70. The number of rotatable bonds is 7. The van der Waals surface area contributed by atoms with Crippen LogP contribution in [0, 0.1) is 0 Å². The third kappa shape index (κ3) is 4.89. The van der Waals surface area contributed by atoms with Gasteiger partial charge in [-0.1, -0.05) is 39.0 Å². The van der Waals surface area contributed by atoms with E-state index < -0.39 is 5.97 Å². The van der Waals surface area contributed by atoms with Crippen LogP contribution in [0.2, 0.25) is 0 Å². The molecule has 0 bridgehead atoms. The smallest absolute Gasteiger partial charge is 0.335 e. The highest BCUT2D eigenvalue weighted by atomic mass is 16.5. The average molecular weight is 344 g/mol. The summed E-state index contributed by atoms with van der Waals surface area (Å²) in [6.45, 7) is 7.02. The van der Waals surface area contributed by atoms with Crippen molar-refractivity contribution in [2.75, 3.05) is 20.3 Å². The van der Waals surface area contributed by atoms with Crippen molar-refractivity contribution >= 4 is 5.97 Å². The average Bonchev–Trinajstić information content (AvgIpc) is 2.58. The summed E-state index contributed by atoms with van der Waals surface area (Å²) >= 11 is 0. The van der Waals surface area contributed by atoms with Gasteiger partial charge < -0.3 is 19.3 Å². The lowest BCUT2D eigenvalue weighted by Crippen LogP contribution is -2.16. The third-order valence-corrected chi connectivity index (χ3v) is 3.70. The molecule has 0 aromatic heterocycles. The van der Waals surface area contributed by atoms with Gasteiger partial charge in [-0.25, -0.2) is 4.79 Å². The lowest BCUT2D eigenvalue weighted by molar-refractivity contribution is 0.0696. The van der Waals surface area contributed by atoms with Gasteiger partial charge in [0.05, 0.1) is 12.7 Å². The Hall–Kier alpha value is -2.69. The second kappa shape index (κ2) is 7.92. The van der Waals surface area contributed by atoms with Crippen LogP contribution in [0.5, 0.6) is 17.2 Å². The van der Waals surface area contributed by atoms with E-state index in [0.717, 1.165) is 11.3 Å². The van der Waals surface area contributed by atoms with Gasteiger partial charge in [-0.3, -0.25) is 0 Å². The van der Waals surface area contributed by atoms with E-state index in [-0.39, 0.29) is 17.6 Å². The van der Waals surface area contributed by atoms with Gasteiger partial charge in [0, 0.05) is 0 Å². The zero-order chi connectivity index (χ0) is 18.4. The fourth-order valence-electron chi connectivity index (χ4n) is 2.44. The number of ether oxygens (including phenoxy) is 3. The molecule has 0 aliphatic carbocycles. The summed E-state index contributed by atoms with van der Waals surface area (Å²) in [4.78, 5) is 11.1. The minimum Gasteiger partial charge on any atom is -0.493 e. The minimum absolute atomic E-state index is 0.0174. The number of methoxy groups -OCH3 is 1. The lowest BCUT2D eigenvalue weighted by atomic mass is 9.86. The zero-order valence-corrected chi connectivity index (χ0v) is 15.0. The van der Waals surface area contributed by atoms with Crippen molar-refractivity contribution in [1.82, 2.24) is 0 Å². The van der Waals surface area contributed by atoms with Gasteiger partial charge >= 0.3 is 5.97 Å². The van der Waals surface area contributed by atoms with Crippen molar-refractivity contribution in [2.24, 2.45) is 0 Å². The molecule has 0 atom stereocenters. The Morgan fingerprint density at radius 3 is 2.20 bits per heavy atom. The van der Waals surface area contributed by atoms with Gasteiger partial charge in [0.15, 0.2) is 11.5 Å². The number of aromatic carboxylic acids is 1. The first-order valence-corrected chi connectivity index (χ1v) is 8.09. The van der Waals surface area contributed by atoms with Crippen molar-refractivity contribution in [2.45, 2.75) is 26.2 Å². The van der Waals surface area contributed by atoms with Crippen LogP contribution >= 0.6 is 0 Å². The first-order chi connectivity index (χ1) is 11.8. The van der Waals surface area contributed by atoms with Crippen molar-refractivity contribution in [3.05, 3.63) is 53.6 Å². The van der Waals surface area contributed by atoms with Crippen molar-refractivity contribution in [3.8, 4) is 17.2 Å². The SMILES string of the molecule is COc1ccc(C(=O)O)cc1OCCOc1ccccc1C(C)(C)C. The molecular weight excluding hydrogens is 320 g/mol. The molecule has 5 heteroatoms. The number of hydrogen-bond donors (Lipinski definition) is 1. The highest BCUT2D eigenvalue weighted by molar-refractivity contribution is 5.88. The standard InChI is InChI=1S/C20H24O5/c1-20(2,3)15-7-5-6-8-16(15)24-11-12-25-18-13-14(19(21)22)9-10-17(18)23-4/h5-10,13H,11-12H2,1-4H3,(H,21,22). The van der Waals surface area contributed by atoms with Crippen LogP contribution in [0.1, 0.15) is 36.7 Å². The lowest BCUT2D eigenvalue weighted by Gasteiger charge is -2.22. The van der Waals surface area contributed by atoms with Crippen LogP contribution < -0.4 is 14.2 Å². The molecule has 5 nitrogen and oxygen atoms in total. The Bertz CT molecular complexity index is 731. The molecule has 2 aromatic carbocycles. The van der Waals surface area contributed by atoms with Crippen LogP contribution in [0.15, 0.2) is 42.5 Å². The summed E-state index contributed by atoms with van der Waals surface area (Å²) in [6, 6.07) is 12.4. The number of carbonyl (C=O) groups is 1. The summed E-state index contributed by atoms with van der Waals surface area (Å²) in [5, 5.41) is 9.08. The van der Waals surface area contributed by atoms with Crippen molar-refractivity contribution in [1.29, 1.82) is 0 Å². The highest BCUT2D eigenvalue weighted by Gasteiger charge is 2.18. The molecule has 134 valence electrons. The molecule has 1 N–H and O–H groups in total. The van der Waals surface area contributed by atoms with Gasteiger partial charge in [-0.15, -0.1) is 0 Å². The Morgan fingerprint density at radius 2 is 1.60 bits per heavy atom. The van der Waals surface area contributed by atoms with E-state index in [1.807, 2.05) is 18.2 Å². The molecule has 0 aliphatic rings. The summed E-state index contributed by atoms with van der Waals surface area (Å²) in [7, 11) is 1.51. The maximum absolute atomic E-state index is 11.1. The second-order valence-corrected chi connectivity index (χ2v) is 6.61. The van der Waals surface area contributed by atoms with E-state index >= 15 is 0 Å². The van der Waals surface area contributed by atoms with E-state index in [0.29, 0.717) is 18.1 Å². The number of carboxylic acids is 1. The van der Waals surface area contributed by atoms with E-state index in [9.17, 15) is 4.79 Å². The van der Waals surface area contributed by atoms with Gasteiger partial charge in [0.1, 0.15) is 19.0 Å². The van der Waals surface area contributed by atoms with Crippen molar-refractivity contribution in [3.63, 3.8) is 0 Å². The first-order valence-electron chi connectivity index (χ1n) is 8.09. The molecule has 0 unspecified atom stereocenters. The zero-order valence-electron chi connectivity index (χ0n) is 15.0. The number of para-hydroxylation sites is 1. The summed E-state index contributed by atoms with van der Waals surface area (Å²) in [5.74, 6) is 0.683. The van der Waals surface area contributed by atoms with Crippen LogP contribution in [-0.4, -0.2) is 31.4 Å². The minimum atomic E-state index is -1.01. The van der Waals surface area contributed by atoms with Crippen LogP contribution in [0.4, 0.5) is 0 Å². The van der Waals surface area contributed by atoms with E-state index in [1.165, 1.54) is 19.2 Å². The van der Waals surface area contributed by atoms with Crippen LogP contribution in [0.3, 0.4) is 0 Å². The second-order valence-electron chi connectivity index (χ2n) is 6.61. The van der Waals surface area contributed by atoms with Gasteiger partial charge in [0.2, 0.25) is 0 Å². The summed E-state index contributed by atoms with van der Waals surface area (Å²) in [5.41, 5.74) is 1.26. The topological polar surface area (TPSA) is 65.0 Å². The largest absolute Gasteiger partial charge is 0.493 e. The normalized spacial score (nSPS) is 11.0. The number of hydrogen-bond acceptors (Lipinski definition) is 4. The van der Waals surface area contributed by atoms with E-state index in [4.69, 9.17) is 19.3 Å². The first kappa shape index (κ1) is 18.6. The fraction of sp³-hybridized carbons (Fsp3) is 0.350. The molecule has 0 aliphatic heterocycles. The van der Waals surface area contributed by atoms with Gasteiger partial charge in [-0.05, 0) is 35.2 Å². The van der Waals surface area contributed by atoms with E-state index in [1.54, 1.807) is 6.07 Å². The summed E-state index contributed by atoms with van der Waals surface area (Å²) in [6.07, 6.45) is 0. The molecule has 2 aromatic rings. The molecule has 0 saturated carbocycles. The molecule has 0 radical (unpaired) electrons. The Morgan fingerprint density at radius 1 is 0.960 bits per heavy atom. The molecule has 0 heterocycles. The number of benzene rings is 2. The van der Waals surface area contributed by atoms with Gasteiger partial charge in [-0.2, -0.15) is 0 Å². The molecule has 0 amide bonds. The molecular formula is C20H24O5. The van der Waals surface area contributed by atoms with Gasteiger partial charge in [0.25, 0.3) is 0 Å². The Kier molecular flexibility index (Phi) is 5.91. The fourth-order valence-corrected chi connectivity index (χ4v) is 2.44. The number of carboxylic acid groups (broad SMARTS) is 1. The quantitative estimate of drug-likeness (QED) is 0.765. The maximum Gasteiger partial charge on any atom is 0.335 e. The Balaban J connectivity index is 2.01. The Labute approximate surface area is 148 Å². The predicted molar refractivity (Wildman–Crippen MR) is 96.1 cm³/mol. The summed E-state index contributed by atoms with van der Waals surface area (Å²) < 4.78 is 16.7.